The molecule has 0 fully saturated rings. The summed E-state index contributed by atoms with van der Waals surface area (Å²) in [5.74, 6) is 0. The number of benzene rings is 1. The van der Waals surface area contributed by atoms with Gasteiger partial charge in [-0.05, 0) is 18.2 Å². The molecule has 1 aromatic heterocycles. The number of hydrogen-bond acceptors (Lipinski definition) is 3. The Balaban J connectivity index is 2.58. The summed E-state index contributed by atoms with van der Waals surface area (Å²) < 4.78 is 39.0. The molecular formula is C10H6F3N3O. The molecule has 7 heteroatoms. The molecule has 0 N–H and O–H groups in total. The van der Waals surface area contributed by atoms with Crippen molar-refractivity contribution in [3.63, 3.8) is 0 Å². The lowest BCUT2D eigenvalue weighted by molar-refractivity contribution is -0.137. The van der Waals surface area contributed by atoms with Gasteiger partial charge in [-0.25, -0.2) is 0 Å². The minimum absolute atomic E-state index is 0.0523. The molecule has 4 nitrogen and oxygen atoms in total. The van der Waals surface area contributed by atoms with Gasteiger partial charge in [0.2, 0.25) is 0 Å². The lowest BCUT2D eigenvalue weighted by Crippen LogP contribution is -2.07. The Hall–Kier alpha value is -2.18. The molecule has 2 aromatic rings. The maximum Gasteiger partial charge on any atom is 0.416 e. The van der Waals surface area contributed by atoms with Gasteiger partial charge in [-0.1, -0.05) is 0 Å². The summed E-state index contributed by atoms with van der Waals surface area (Å²) in [5.41, 5.74) is -0.749. The number of rotatable bonds is 2. The SMILES string of the molecule is O=Cc1cc(-n2cnnc2)cc(C(F)(F)F)c1. The van der Waals surface area contributed by atoms with Crippen molar-refractivity contribution < 1.29 is 18.0 Å². The van der Waals surface area contributed by atoms with Gasteiger partial charge in [0, 0.05) is 11.3 Å². The molecular weight excluding hydrogens is 235 g/mol. The summed E-state index contributed by atoms with van der Waals surface area (Å²) >= 11 is 0. The van der Waals surface area contributed by atoms with Crippen LogP contribution >= 0.6 is 0 Å². The van der Waals surface area contributed by atoms with E-state index in [0.717, 1.165) is 12.1 Å². The summed E-state index contributed by atoms with van der Waals surface area (Å²) in [6.45, 7) is 0. The maximum atomic E-state index is 12.6. The topological polar surface area (TPSA) is 47.8 Å². The van der Waals surface area contributed by atoms with E-state index in [0.29, 0.717) is 6.29 Å². The normalized spacial score (nSPS) is 11.5. The van der Waals surface area contributed by atoms with E-state index < -0.39 is 11.7 Å². The molecule has 0 bridgehead atoms. The second kappa shape index (κ2) is 4.00. The number of aromatic nitrogens is 3. The van der Waals surface area contributed by atoms with Gasteiger partial charge >= 0.3 is 6.18 Å². The van der Waals surface area contributed by atoms with Crippen LogP contribution in [0.5, 0.6) is 0 Å². The molecule has 0 aliphatic carbocycles. The number of aldehydes is 1. The molecule has 0 unspecified atom stereocenters. The van der Waals surface area contributed by atoms with E-state index >= 15 is 0 Å². The summed E-state index contributed by atoms with van der Waals surface area (Å²) in [6.07, 6.45) is -1.63. The van der Waals surface area contributed by atoms with Crippen molar-refractivity contribution in [2.45, 2.75) is 6.18 Å². The van der Waals surface area contributed by atoms with E-state index in [4.69, 9.17) is 0 Å². The van der Waals surface area contributed by atoms with Crippen LogP contribution in [0.2, 0.25) is 0 Å². The molecule has 0 radical (unpaired) electrons. The van der Waals surface area contributed by atoms with Gasteiger partial charge in [0.15, 0.2) is 0 Å². The molecule has 0 aliphatic heterocycles. The molecule has 0 saturated carbocycles. The molecule has 0 saturated heterocycles. The largest absolute Gasteiger partial charge is 0.416 e. The number of carbonyl (C=O) groups is 1. The Morgan fingerprint density at radius 2 is 1.76 bits per heavy atom. The van der Waals surface area contributed by atoms with E-state index in [1.54, 1.807) is 0 Å². The van der Waals surface area contributed by atoms with E-state index in [1.165, 1.54) is 23.3 Å². The van der Waals surface area contributed by atoms with Crippen molar-refractivity contribution in [1.29, 1.82) is 0 Å². The fourth-order valence-corrected chi connectivity index (χ4v) is 1.35. The molecule has 88 valence electrons. The first-order chi connectivity index (χ1) is 8.00. The minimum Gasteiger partial charge on any atom is -0.298 e. The fraction of sp³-hybridized carbons (Fsp3) is 0.100. The molecule has 17 heavy (non-hydrogen) atoms. The van der Waals surface area contributed by atoms with Gasteiger partial charge in [-0.3, -0.25) is 9.36 Å². The first-order valence-electron chi connectivity index (χ1n) is 4.53. The van der Waals surface area contributed by atoms with E-state index in [1.807, 2.05) is 0 Å². The Bertz CT molecular complexity index is 534. The number of halogens is 3. The predicted octanol–water partition coefficient (Wildman–Crippen LogP) is 2.10. The Morgan fingerprint density at radius 3 is 2.29 bits per heavy atom. The van der Waals surface area contributed by atoms with Crippen LogP contribution in [0.4, 0.5) is 13.2 Å². The number of nitrogens with zero attached hydrogens (tertiary/aromatic N) is 3. The van der Waals surface area contributed by atoms with Crippen molar-refractivity contribution in [1.82, 2.24) is 14.8 Å². The third kappa shape index (κ3) is 2.32. The Kier molecular flexibility index (Phi) is 2.66. The number of alkyl halides is 3. The van der Waals surface area contributed by atoms with E-state index in [9.17, 15) is 18.0 Å². The van der Waals surface area contributed by atoms with Crippen LogP contribution in [0.1, 0.15) is 15.9 Å². The van der Waals surface area contributed by atoms with Crippen LogP contribution in [0.25, 0.3) is 5.69 Å². The van der Waals surface area contributed by atoms with Crippen LogP contribution in [-0.4, -0.2) is 21.1 Å². The van der Waals surface area contributed by atoms with Crippen molar-refractivity contribution in [2.24, 2.45) is 0 Å². The average Bonchev–Trinajstić information content (AvgIpc) is 2.80. The van der Waals surface area contributed by atoms with Crippen molar-refractivity contribution >= 4 is 6.29 Å². The third-order valence-corrected chi connectivity index (χ3v) is 2.12. The summed E-state index contributed by atoms with van der Waals surface area (Å²) in [7, 11) is 0. The Morgan fingerprint density at radius 1 is 1.12 bits per heavy atom. The minimum atomic E-state index is -4.50. The molecule has 1 heterocycles. The van der Waals surface area contributed by atoms with Crippen LogP contribution in [-0.2, 0) is 6.18 Å². The highest BCUT2D eigenvalue weighted by Gasteiger charge is 2.31. The predicted molar refractivity (Wildman–Crippen MR) is 51.7 cm³/mol. The van der Waals surface area contributed by atoms with E-state index in [-0.39, 0.29) is 11.3 Å². The van der Waals surface area contributed by atoms with Gasteiger partial charge in [0.1, 0.15) is 18.9 Å². The highest BCUT2D eigenvalue weighted by atomic mass is 19.4. The maximum absolute atomic E-state index is 12.6. The van der Waals surface area contributed by atoms with Crippen LogP contribution in [0, 0.1) is 0 Å². The third-order valence-electron chi connectivity index (χ3n) is 2.12. The monoisotopic (exact) mass is 241 g/mol. The summed E-state index contributed by atoms with van der Waals surface area (Å²) in [5, 5.41) is 6.98. The van der Waals surface area contributed by atoms with Crippen molar-refractivity contribution in [3.05, 3.63) is 42.0 Å². The summed E-state index contributed by atoms with van der Waals surface area (Å²) in [4.78, 5) is 10.6. The molecule has 1 aromatic carbocycles. The van der Waals surface area contributed by atoms with Gasteiger partial charge in [-0.2, -0.15) is 13.2 Å². The van der Waals surface area contributed by atoms with Crippen LogP contribution in [0.3, 0.4) is 0 Å². The highest BCUT2D eigenvalue weighted by molar-refractivity contribution is 5.76. The van der Waals surface area contributed by atoms with Crippen molar-refractivity contribution in [3.8, 4) is 5.69 Å². The second-order valence-electron chi connectivity index (χ2n) is 3.30. The molecule has 2 rings (SSSR count). The zero-order valence-electron chi connectivity index (χ0n) is 8.35. The average molecular weight is 241 g/mol. The lowest BCUT2D eigenvalue weighted by Gasteiger charge is -2.10. The molecule has 0 amide bonds. The van der Waals surface area contributed by atoms with Gasteiger partial charge in [-0.15, -0.1) is 10.2 Å². The number of hydrogen-bond donors (Lipinski definition) is 0. The quantitative estimate of drug-likeness (QED) is 0.756. The standard InChI is InChI=1S/C10H6F3N3O/c11-10(12,13)8-1-7(4-17)2-9(3-8)16-5-14-15-6-16/h1-6H. The Labute approximate surface area is 93.7 Å². The lowest BCUT2D eigenvalue weighted by atomic mass is 10.1. The second-order valence-corrected chi connectivity index (χ2v) is 3.30. The summed E-state index contributed by atoms with van der Waals surface area (Å²) in [6, 6.07) is 3.04. The zero-order chi connectivity index (χ0) is 12.5. The highest BCUT2D eigenvalue weighted by Crippen LogP contribution is 2.31. The molecule has 0 aliphatic rings. The first-order valence-corrected chi connectivity index (χ1v) is 4.53. The van der Waals surface area contributed by atoms with Gasteiger partial charge in [0.25, 0.3) is 0 Å². The van der Waals surface area contributed by atoms with Crippen LogP contribution < -0.4 is 0 Å². The zero-order valence-corrected chi connectivity index (χ0v) is 8.35. The van der Waals surface area contributed by atoms with Crippen molar-refractivity contribution in [2.75, 3.05) is 0 Å². The fourth-order valence-electron chi connectivity index (χ4n) is 1.35. The number of carbonyl (C=O) groups excluding carboxylic acids is 1. The van der Waals surface area contributed by atoms with Gasteiger partial charge in [0.05, 0.1) is 5.56 Å². The van der Waals surface area contributed by atoms with Crippen LogP contribution in [0.15, 0.2) is 30.9 Å². The smallest absolute Gasteiger partial charge is 0.298 e. The van der Waals surface area contributed by atoms with Gasteiger partial charge < -0.3 is 0 Å². The molecule has 0 atom stereocenters. The van der Waals surface area contributed by atoms with E-state index in [2.05, 4.69) is 10.2 Å². The molecule has 0 spiro atoms. The first kappa shape index (κ1) is 11.3.